The number of likely N-dealkylation sites (N-methyl/N-ethyl adjacent to an activating group) is 1. The summed E-state index contributed by atoms with van der Waals surface area (Å²) >= 11 is 0. The standard InChI is InChI=1S/C20H24N4O2/c1-23(2)10-11-24(14-15-4-3-9-21-13-15)20(26)17-5-7-18-16(12-17)6-8-19(25)22-18/h3-5,7,9,12-13H,6,8,10-11,14H2,1-2H3,(H,22,25). The Labute approximate surface area is 153 Å². The third-order valence-electron chi connectivity index (χ3n) is 4.45. The minimum absolute atomic E-state index is 0.00426. The number of hydrogen-bond donors (Lipinski definition) is 1. The first-order valence-corrected chi connectivity index (χ1v) is 8.78. The normalized spacial score (nSPS) is 13.3. The lowest BCUT2D eigenvalue weighted by atomic mass is 10.00. The van der Waals surface area contributed by atoms with Crippen LogP contribution in [0, 0.1) is 0 Å². The SMILES string of the molecule is CN(C)CCN(Cc1cccnc1)C(=O)c1ccc2c(c1)CCC(=O)N2. The molecule has 6 nitrogen and oxygen atoms in total. The topological polar surface area (TPSA) is 65.5 Å². The van der Waals surface area contributed by atoms with E-state index in [4.69, 9.17) is 0 Å². The van der Waals surface area contributed by atoms with Gasteiger partial charge in [0.15, 0.2) is 0 Å². The number of nitrogens with zero attached hydrogens (tertiary/aromatic N) is 3. The highest BCUT2D eigenvalue weighted by atomic mass is 16.2. The van der Waals surface area contributed by atoms with Gasteiger partial charge in [0.1, 0.15) is 0 Å². The molecule has 2 amide bonds. The zero-order chi connectivity index (χ0) is 18.5. The van der Waals surface area contributed by atoms with E-state index in [0.717, 1.165) is 23.4 Å². The van der Waals surface area contributed by atoms with Crippen molar-refractivity contribution in [1.29, 1.82) is 0 Å². The first kappa shape index (κ1) is 18.1. The number of aromatic nitrogens is 1. The number of aryl methyl sites for hydroxylation is 1. The summed E-state index contributed by atoms with van der Waals surface area (Å²) in [6, 6.07) is 9.38. The third kappa shape index (κ3) is 4.46. The molecule has 0 bridgehead atoms. The molecule has 1 aromatic heterocycles. The second kappa shape index (κ2) is 8.10. The summed E-state index contributed by atoms with van der Waals surface area (Å²) in [4.78, 5) is 32.7. The maximum atomic E-state index is 13.1. The fraction of sp³-hybridized carbons (Fsp3) is 0.350. The molecule has 0 unspecified atom stereocenters. The predicted octanol–water partition coefficient (Wildman–Crippen LogP) is 2.17. The number of rotatable bonds is 6. The summed E-state index contributed by atoms with van der Waals surface area (Å²) in [7, 11) is 3.99. The number of benzene rings is 1. The highest BCUT2D eigenvalue weighted by Crippen LogP contribution is 2.24. The van der Waals surface area contributed by atoms with Crippen LogP contribution in [0.25, 0.3) is 0 Å². The van der Waals surface area contributed by atoms with Gasteiger partial charge < -0.3 is 15.1 Å². The van der Waals surface area contributed by atoms with Crippen molar-refractivity contribution in [2.24, 2.45) is 0 Å². The molecule has 1 aliphatic rings. The van der Waals surface area contributed by atoms with Crippen LogP contribution >= 0.6 is 0 Å². The molecule has 2 aromatic rings. The van der Waals surface area contributed by atoms with Gasteiger partial charge in [-0.25, -0.2) is 0 Å². The van der Waals surface area contributed by atoms with E-state index >= 15 is 0 Å². The summed E-state index contributed by atoms with van der Waals surface area (Å²) in [5.74, 6) is 0.0242. The van der Waals surface area contributed by atoms with Crippen LogP contribution in [-0.2, 0) is 17.8 Å². The molecule has 0 saturated carbocycles. The Bertz CT molecular complexity index is 790. The Morgan fingerprint density at radius 1 is 1.19 bits per heavy atom. The highest BCUT2D eigenvalue weighted by molar-refractivity contribution is 5.98. The van der Waals surface area contributed by atoms with Gasteiger partial charge in [0.25, 0.3) is 5.91 Å². The summed E-state index contributed by atoms with van der Waals surface area (Å²) in [5.41, 5.74) is 3.49. The van der Waals surface area contributed by atoms with E-state index in [1.807, 2.05) is 43.3 Å². The first-order valence-electron chi connectivity index (χ1n) is 8.78. The fourth-order valence-corrected chi connectivity index (χ4v) is 2.98. The van der Waals surface area contributed by atoms with Crippen LogP contribution < -0.4 is 5.32 Å². The number of nitrogens with one attached hydrogen (secondary N) is 1. The van der Waals surface area contributed by atoms with E-state index < -0.39 is 0 Å². The van der Waals surface area contributed by atoms with Gasteiger partial charge in [-0.05, 0) is 55.9 Å². The zero-order valence-corrected chi connectivity index (χ0v) is 15.2. The first-order chi connectivity index (χ1) is 12.5. The molecule has 1 aromatic carbocycles. The second-order valence-corrected chi connectivity index (χ2v) is 6.81. The van der Waals surface area contributed by atoms with Crippen molar-refractivity contribution >= 4 is 17.5 Å². The lowest BCUT2D eigenvalue weighted by Crippen LogP contribution is -2.36. The van der Waals surface area contributed by atoms with E-state index in [9.17, 15) is 9.59 Å². The van der Waals surface area contributed by atoms with E-state index in [2.05, 4.69) is 15.2 Å². The highest BCUT2D eigenvalue weighted by Gasteiger charge is 2.20. The average Bonchev–Trinajstić information content (AvgIpc) is 2.64. The van der Waals surface area contributed by atoms with Gasteiger partial charge in [-0.15, -0.1) is 0 Å². The Kier molecular flexibility index (Phi) is 5.63. The molecule has 0 spiro atoms. The van der Waals surface area contributed by atoms with Crippen LogP contribution in [0.5, 0.6) is 0 Å². The second-order valence-electron chi connectivity index (χ2n) is 6.81. The monoisotopic (exact) mass is 352 g/mol. The molecule has 0 radical (unpaired) electrons. The quantitative estimate of drug-likeness (QED) is 0.865. The maximum absolute atomic E-state index is 13.1. The molecule has 0 atom stereocenters. The summed E-state index contributed by atoms with van der Waals surface area (Å²) in [6.07, 6.45) is 4.65. The molecule has 0 fully saturated rings. The van der Waals surface area contributed by atoms with Gasteiger partial charge in [-0.1, -0.05) is 6.07 Å². The molecule has 0 saturated heterocycles. The summed E-state index contributed by atoms with van der Waals surface area (Å²) in [5, 5.41) is 2.86. The molecule has 6 heteroatoms. The smallest absolute Gasteiger partial charge is 0.254 e. The van der Waals surface area contributed by atoms with Crippen molar-refractivity contribution in [3.05, 3.63) is 59.4 Å². The number of carbonyl (C=O) groups is 2. The molecule has 3 rings (SSSR count). The minimum Gasteiger partial charge on any atom is -0.333 e. The number of amides is 2. The van der Waals surface area contributed by atoms with E-state index in [-0.39, 0.29) is 11.8 Å². The van der Waals surface area contributed by atoms with Gasteiger partial charge in [0, 0.05) is 49.7 Å². The van der Waals surface area contributed by atoms with Gasteiger partial charge in [-0.3, -0.25) is 14.6 Å². The molecule has 1 aliphatic heterocycles. The Morgan fingerprint density at radius 3 is 2.77 bits per heavy atom. The van der Waals surface area contributed by atoms with Gasteiger partial charge in [-0.2, -0.15) is 0 Å². The third-order valence-corrected chi connectivity index (χ3v) is 4.45. The predicted molar refractivity (Wildman–Crippen MR) is 101 cm³/mol. The van der Waals surface area contributed by atoms with E-state index in [1.54, 1.807) is 18.5 Å². The van der Waals surface area contributed by atoms with E-state index in [0.29, 0.717) is 31.5 Å². The number of pyridine rings is 1. The van der Waals surface area contributed by atoms with Crippen molar-refractivity contribution < 1.29 is 9.59 Å². The molecule has 1 N–H and O–H groups in total. The van der Waals surface area contributed by atoms with Crippen molar-refractivity contribution in [3.63, 3.8) is 0 Å². The van der Waals surface area contributed by atoms with Crippen molar-refractivity contribution in [2.45, 2.75) is 19.4 Å². The van der Waals surface area contributed by atoms with Crippen LogP contribution in [0.2, 0.25) is 0 Å². The molecular formula is C20H24N4O2. The molecule has 26 heavy (non-hydrogen) atoms. The molecule has 136 valence electrons. The number of anilines is 1. The molecule has 2 heterocycles. The van der Waals surface area contributed by atoms with Gasteiger partial charge >= 0.3 is 0 Å². The van der Waals surface area contributed by atoms with Crippen molar-refractivity contribution in [1.82, 2.24) is 14.8 Å². The van der Waals surface area contributed by atoms with Crippen LogP contribution in [0.4, 0.5) is 5.69 Å². The van der Waals surface area contributed by atoms with Gasteiger partial charge in [0.05, 0.1) is 0 Å². The van der Waals surface area contributed by atoms with Crippen LogP contribution in [0.3, 0.4) is 0 Å². The van der Waals surface area contributed by atoms with Crippen molar-refractivity contribution in [2.75, 3.05) is 32.5 Å². The number of hydrogen-bond acceptors (Lipinski definition) is 4. The van der Waals surface area contributed by atoms with E-state index in [1.165, 1.54) is 0 Å². The number of carbonyl (C=O) groups excluding carboxylic acids is 2. The van der Waals surface area contributed by atoms with Crippen LogP contribution in [0.15, 0.2) is 42.7 Å². The maximum Gasteiger partial charge on any atom is 0.254 e. The fourth-order valence-electron chi connectivity index (χ4n) is 2.98. The average molecular weight is 352 g/mol. The summed E-state index contributed by atoms with van der Waals surface area (Å²) < 4.78 is 0. The number of fused-ring (bicyclic) bond motifs is 1. The molecular weight excluding hydrogens is 328 g/mol. The Hall–Kier alpha value is -2.73. The lowest BCUT2D eigenvalue weighted by molar-refractivity contribution is -0.116. The Morgan fingerprint density at radius 2 is 2.04 bits per heavy atom. The lowest BCUT2D eigenvalue weighted by Gasteiger charge is -2.25. The largest absolute Gasteiger partial charge is 0.333 e. The van der Waals surface area contributed by atoms with Crippen molar-refractivity contribution in [3.8, 4) is 0 Å². The minimum atomic E-state index is -0.00426. The van der Waals surface area contributed by atoms with Gasteiger partial charge in [0.2, 0.25) is 5.91 Å². The Balaban J connectivity index is 1.81. The zero-order valence-electron chi connectivity index (χ0n) is 15.2. The summed E-state index contributed by atoms with van der Waals surface area (Å²) in [6.45, 7) is 1.94. The van der Waals surface area contributed by atoms with Crippen LogP contribution in [-0.4, -0.2) is 53.8 Å². The molecule has 0 aliphatic carbocycles. The van der Waals surface area contributed by atoms with Crippen LogP contribution in [0.1, 0.15) is 27.9 Å².